The van der Waals surface area contributed by atoms with E-state index in [2.05, 4.69) is 15.5 Å². The van der Waals surface area contributed by atoms with Gasteiger partial charge in [0.25, 0.3) is 0 Å². The van der Waals surface area contributed by atoms with Gasteiger partial charge in [-0.15, -0.1) is 0 Å². The zero-order valence-electron chi connectivity index (χ0n) is 10.6. The van der Waals surface area contributed by atoms with E-state index >= 15 is 0 Å². The van der Waals surface area contributed by atoms with Crippen LogP contribution in [0, 0.1) is 5.41 Å². The highest BCUT2D eigenvalue weighted by Crippen LogP contribution is 2.28. The van der Waals surface area contributed by atoms with Crippen LogP contribution in [-0.2, 0) is 4.79 Å². The van der Waals surface area contributed by atoms with Crippen molar-refractivity contribution in [3.05, 3.63) is 24.5 Å². The number of hydrogen-bond donors (Lipinski definition) is 3. The standard InChI is InChI=1S/C12H18N4O2/c1-3-12(4-2,10(13)16-18)11(17)15-9-6-5-7-14-8-9/h5-8,18H,3-4H2,1-2H3,(H2,13,16)(H,15,17). The van der Waals surface area contributed by atoms with Gasteiger partial charge in [0.05, 0.1) is 11.9 Å². The van der Waals surface area contributed by atoms with Crippen LogP contribution in [0.3, 0.4) is 0 Å². The molecule has 0 unspecified atom stereocenters. The lowest BCUT2D eigenvalue weighted by molar-refractivity contribution is -0.122. The molecular weight excluding hydrogens is 232 g/mol. The molecule has 0 saturated heterocycles. The molecule has 0 bridgehead atoms. The number of amidine groups is 1. The van der Waals surface area contributed by atoms with Gasteiger partial charge in [-0.25, -0.2) is 0 Å². The van der Waals surface area contributed by atoms with E-state index in [1.165, 1.54) is 0 Å². The Labute approximate surface area is 106 Å². The van der Waals surface area contributed by atoms with Crippen molar-refractivity contribution in [2.45, 2.75) is 26.7 Å². The predicted molar refractivity (Wildman–Crippen MR) is 69.3 cm³/mol. The van der Waals surface area contributed by atoms with Crippen LogP contribution in [0.5, 0.6) is 0 Å². The highest BCUT2D eigenvalue weighted by molar-refractivity contribution is 6.11. The molecular formula is C12H18N4O2. The Morgan fingerprint density at radius 1 is 1.56 bits per heavy atom. The second-order valence-corrected chi connectivity index (χ2v) is 3.97. The normalized spacial score (nSPS) is 12.2. The molecule has 98 valence electrons. The lowest BCUT2D eigenvalue weighted by atomic mass is 9.80. The Morgan fingerprint density at radius 2 is 2.22 bits per heavy atom. The zero-order valence-corrected chi connectivity index (χ0v) is 10.6. The van der Waals surface area contributed by atoms with Crippen molar-refractivity contribution in [1.82, 2.24) is 4.98 Å². The SMILES string of the molecule is CCC(CC)(C(=O)Nc1cccnc1)C(N)=NO. The summed E-state index contributed by atoms with van der Waals surface area (Å²) in [6.45, 7) is 3.65. The van der Waals surface area contributed by atoms with Gasteiger partial charge in [0, 0.05) is 6.20 Å². The number of pyridine rings is 1. The molecule has 18 heavy (non-hydrogen) atoms. The fourth-order valence-corrected chi connectivity index (χ4v) is 1.83. The van der Waals surface area contributed by atoms with Gasteiger partial charge >= 0.3 is 0 Å². The molecule has 0 aromatic carbocycles. The predicted octanol–water partition coefficient (Wildman–Crippen LogP) is 1.57. The van der Waals surface area contributed by atoms with Crippen LogP contribution >= 0.6 is 0 Å². The topological polar surface area (TPSA) is 101 Å². The first-order chi connectivity index (χ1) is 8.60. The molecule has 0 radical (unpaired) electrons. The number of nitrogens with two attached hydrogens (primary N) is 1. The maximum Gasteiger partial charge on any atom is 0.238 e. The third-order valence-electron chi connectivity index (χ3n) is 3.16. The summed E-state index contributed by atoms with van der Waals surface area (Å²) >= 11 is 0. The van der Waals surface area contributed by atoms with Crippen molar-refractivity contribution in [3.63, 3.8) is 0 Å². The van der Waals surface area contributed by atoms with Crippen LogP contribution in [0.15, 0.2) is 29.7 Å². The molecule has 6 nitrogen and oxygen atoms in total. The first kappa shape index (κ1) is 14.0. The summed E-state index contributed by atoms with van der Waals surface area (Å²) in [5.41, 5.74) is 5.24. The van der Waals surface area contributed by atoms with Gasteiger partial charge in [0.1, 0.15) is 5.41 Å². The second kappa shape index (κ2) is 6.00. The van der Waals surface area contributed by atoms with E-state index in [-0.39, 0.29) is 11.7 Å². The van der Waals surface area contributed by atoms with Crippen molar-refractivity contribution in [2.75, 3.05) is 5.32 Å². The molecule has 1 amide bonds. The van der Waals surface area contributed by atoms with E-state index in [4.69, 9.17) is 10.9 Å². The van der Waals surface area contributed by atoms with E-state index in [1.807, 2.05) is 13.8 Å². The highest BCUT2D eigenvalue weighted by Gasteiger charge is 2.39. The van der Waals surface area contributed by atoms with Crippen molar-refractivity contribution >= 4 is 17.4 Å². The lowest BCUT2D eigenvalue weighted by Crippen LogP contribution is -2.46. The highest BCUT2D eigenvalue weighted by atomic mass is 16.4. The molecule has 0 aliphatic rings. The third-order valence-corrected chi connectivity index (χ3v) is 3.16. The Balaban J connectivity index is 2.98. The Morgan fingerprint density at radius 3 is 2.67 bits per heavy atom. The molecule has 1 rings (SSSR count). The summed E-state index contributed by atoms with van der Waals surface area (Å²) in [6, 6.07) is 3.45. The van der Waals surface area contributed by atoms with Crippen molar-refractivity contribution in [1.29, 1.82) is 0 Å². The summed E-state index contributed by atoms with van der Waals surface area (Å²) in [7, 11) is 0. The monoisotopic (exact) mass is 250 g/mol. The number of carbonyl (C=O) groups is 1. The summed E-state index contributed by atoms with van der Waals surface area (Å²) in [5, 5.41) is 14.5. The second-order valence-electron chi connectivity index (χ2n) is 3.97. The summed E-state index contributed by atoms with van der Waals surface area (Å²) in [5.74, 6) is -0.371. The molecule has 1 aromatic rings. The van der Waals surface area contributed by atoms with Crippen LogP contribution in [-0.4, -0.2) is 21.9 Å². The fourth-order valence-electron chi connectivity index (χ4n) is 1.83. The van der Waals surface area contributed by atoms with Crippen LogP contribution < -0.4 is 11.1 Å². The van der Waals surface area contributed by atoms with E-state index < -0.39 is 5.41 Å². The minimum absolute atomic E-state index is 0.0751. The van der Waals surface area contributed by atoms with Crippen LogP contribution in [0.1, 0.15) is 26.7 Å². The Kier molecular flexibility index (Phi) is 4.65. The van der Waals surface area contributed by atoms with Crippen LogP contribution in [0.25, 0.3) is 0 Å². The number of oxime groups is 1. The largest absolute Gasteiger partial charge is 0.409 e. The number of aromatic nitrogens is 1. The maximum absolute atomic E-state index is 12.3. The van der Waals surface area contributed by atoms with Gasteiger partial charge in [0.2, 0.25) is 5.91 Å². The van der Waals surface area contributed by atoms with E-state index in [0.717, 1.165) is 0 Å². The summed E-state index contributed by atoms with van der Waals surface area (Å²) in [6.07, 6.45) is 4.06. The lowest BCUT2D eigenvalue weighted by Gasteiger charge is -2.28. The molecule has 0 aliphatic carbocycles. The Bertz CT molecular complexity index is 427. The number of amides is 1. The number of nitrogens with zero attached hydrogens (tertiary/aromatic N) is 2. The smallest absolute Gasteiger partial charge is 0.238 e. The Hall–Kier alpha value is -2.11. The number of anilines is 1. The van der Waals surface area contributed by atoms with E-state index in [9.17, 15) is 4.79 Å². The number of hydrogen-bond acceptors (Lipinski definition) is 4. The van der Waals surface area contributed by atoms with Crippen molar-refractivity contribution < 1.29 is 10.0 Å². The number of nitrogens with one attached hydrogen (secondary N) is 1. The molecule has 1 aromatic heterocycles. The quantitative estimate of drug-likeness (QED) is 0.319. The van der Waals surface area contributed by atoms with E-state index in [0.29, 0.717) is 18.5 Å². The van der Waals surface area contributed by atoms with Gasteiger partial charge in [-0.2, -0.15) is 0 Å². The molecule has 0 saturated carbocycles. The van der Waals surface area contributed by atoms with Crippen molar-refractivity contribution in [2.24, 2.45) is 16.3 Å². The molecule has 0 aliphatic heterocycles. The zero-order chi connectivity index (χ0) is 13.6. The maximum atomic E-state index is 12.3. The molecule has 0 fully saturated rings. The first-order valence-corrected chi connectivity index (χ1v) is 5.80. The van der Waals surface area contributed by atoms with Crippen LogP contribution in [0.2, 0.25) is 0 Å². The molecule has 1 heterocycles. The minimum atomic E-state index is -0.995. The van der Waals surface area contributed by atoms with E-state index in [1.54, 1.807) is 24.5 Å². The van der Waals surface area contributed by atoms with Gasteiger partial charge in [-0.1, -0.05) is 19.0 Å². The van der Waals surface area contributed by atoms with Gasteiger partial charge < -0.3 is 16.3 Å². The average molecular weight is 250 g/mol. The third kappa shape index (κ3) is 2.58. The fraction of sp³-hybridized carbons (Fsp3) is 0.417. The molecule has 4 N–H and O–H groups in total. The first-order valence-electron chi connectivity index (χ1n) is 5.80. The van der Waals surface area contributed by atoms with Crippen molar-refractivity contribution in [3.8, 4) is 0 Å². The van der Waals surface area contributed by atoms with Crippen LogP contribution in [0.4, 0.5) is 5.69 Å². The molecule has 6 heteroatoms. The number of rotatable bonds is 5. The molecule has 0 atom stereocenters. The summed E-state index contributed by atoms with van der Waals surface area (Å²) in [4.78, 5) is 16.2. The van der Waals surface area contributed by atoms with Gasteiger partial charge in [0.15, 0.2) is 5.84 Å². The average Bonchev–Trinajstić information content (AvgIpc) is 2.41. The van der Waals surface area contributed by atoms with Gasteiger partial charge in [-0.05, 0) is 25.0 Å². The number of carbonyl (C=O) groups excluding carboxylic acids is 1. The summed E-state index contributed by atoms with van der Waals surface area (Å²) < 4.78 is 0. The van der Waals surface area contributed by atoms with Gasteiger partial charge in [-0.3, -0.25) is 9.78 Å². The minimum Gasteiger partial charge on any atom is -0.409 e. The molecule has 0 spiro atoms.